The molecule has 0 heterocycles. The van der Waals surface area contributed by atoms with Crippen LogP contribution in [-0.2, 0) is 34.0 Å². The van der Waals surface area contributed by atoms with Crippen LogP contribution >= 0.6 is 0 Å². The van der Waals surface area contributed by atoms with E-state index in [9.17, 15) is 33.0 Å². The van der Waals surface area contributed by atoms with Gasteiger partial charge in [0, 0.05) is 26.2 Å². The molecule has 3 atom stereocenters. The summed E-state index contributed by atoms with van der Waals surface area (Å²) in [5.74, 6) is -4.14. The van der Waals surface area contributed by atoms with Crippen molar-refractivity contribution < 1.29 is 57.3 Å². The van der Waals surface area contributed by atoms with Crippen LogP contribution in [0.1, 0.15) is 45.4 Å². The normalized spacial score (nSPS) is 14.4. The number of aliphatic hydroxyl groups excluding tert-OH is 2. The van der Waals surface area contributed by atoms with Gasteiger partial charge in [0.2, 0.25) is 0 Å². The fourth-order valence-electron chi connectivity index (χ4n) is 3.28. The van der Waals surface area contributed by atoms with Gasteiger partial charge in [-0.3, -0.25) is 23.8 Å². The smallest absolute Gasteiger partial charge is 0.317 e. The SMILES string of the molecule is CCC(O)COCCCCOCC(O)CNCCCC(=O)C(CCS(=O)(=O)O)N(CC(=O)O)CC(=O)O. The van der Waals surface area contributed by atoms with Crippen molar-refractivity contribution >= 4 is 27.8 Å². The number of ether oxygens (including phenoxy) is 2. The summed E-state index contributed by atoms with van der Waals surface area (Å²) in [5.41, 5.74) is 0. The Balaban J connectivity index is 4.32. The Labute approximate surface area is 217 Å². The largest absolute Gasteiger partial charge is 0.480 e. The lowest BCUT2D eigenvalue weighted by atomic mass is 10.0. The first-order chi connectivity index (χ1) is 17.4. The van der Waals surface area contributed by atoms with Crippen molar-refractivity contribution in [1.29, 1.82) is 0 Å². The predicted molar refractivity (Wildman–Crippen MR) is 132 cm³/mol. The number of aliphatic hydroxyl groups is 2. The van der Waals surface area contributed by atoms with Crippen LogP contribution in [0.5, 0.6) is 0 Å². The standard InChI is InChI=1S/C22H42N2O12S/c1-2-17(25)15-35-9-3-4-10-36-16-18(26)12-23-8-5-6-20(27)19(7-11-37(32,33)34)24(13-21(28)29)14-22(30)31/h17-19,23,25-26H,2-16H2,1H3,(H,28,29)(H,30,31)(H,32,33,34). The van der Waals surface area contributed by atoms with E-state index in [2.05, 4.69) is 5.32 Å². The maximum atomic E-state index is 12.7. The fraction of sp³-hybridized carbons (Fsp3) is 0.864. The molecule has 0 saturated heterocycles. The monoisotopic (exact) mass is 558 g/mol. The van der Waals surface area contributed by atoms with Gasteiger partial charge >= 0.3 is 11.9 Å². The molecule has 0 aliphatic carbocycles. The summed E-state index contributed by atoms with van der Waals surface area (Å²) < 4.78 is 41.9. The molecule has 0 saturated carbocycles. The highest BCUT2D eigenvalue weighted by Gasteiger charge is 2.29. The van der Waals surface area contributed by atoms with Crippen LogP contribution < -0.4 is 5.32 Å². The van der Waals surface area contributed by atoms with Crippen LogP contribution in [0.15, 0.2) is 0 Å². The quantitative estimate of drug-likeness (QED) is 0.0584. The van der Waals surface area contributed by atoms with E-state index in [1.807, 2.05) is 6.92 Å². The first-order valence-electron chi connectivity index (χ1n) is 12.2. The molecule has 0 aromatic carbocycles. The van der Waals surface area contributed by atoms with Crippen LogP contribution in [0, 0.1) is 0 Å². The molecular formula is C22H42N2O12S. The fourth-order valence-corrected chi connectivity index (χ4v) is 3.80. The molecule has 14 nitrogen and oxygen atoms in total. The second kappa shape index (κ2) is 20.3. The third-order valence-electron chi connectivity index (χ3n) is 5.21. The summed E-state index contributed by atoms with van der Waals surface area (Å²) in [6, 6.07) is -1.31. The Morgan fingerprint density at radius 1 is 0.919 bits per heavy atom. The molecule has 0 aliphatic rings. The molecule has 37 heavy (non-hydrogen) atoms. The molecule has 0 amide bonds. The van der Waals surface area contributed by atoms with Gasteiger partial charge in [0.05, 0.1) is 50.3 Å². The van der Waals surface area contributed by atoms with Crippen molar-refractivity contribution in [1.82, 2.24) is 10.2 Å². The van der Waals surface area contributed by atoms with Crippen molar-refractivity contribution in [3.05, 3.63) is 0 Å². The van der Waals surface area contributed by atoms with E-state index in [-0.39, 0.29) is 26.0 Å². The van der Waals surface area contributed by atoms with Crippen molar-refractivity contribution in [2.45, 2.75) is 63.7 Å². The van der Waals surface area contributed by atoms with Crippen LogP contribution in [0.25, 0.3) is 0 Å². The molecule has 3 unspecified atom stereocenters. The Hall–Kier alpha value is -1.72. The third kappa shape index (κ3) is 21.0. The van der Waals surface area contributed by atoms with Crippen molar-refractivity contribution in [3.8, 4) is 0 Å². The second-order valence-electron chi connectivity index (χ2n) is 8.63. The number of ketones is 1. The van der Waals surface area contributed by atoms with Crippen molar-refractivity contribution in [2.24, 2.45) is 0 Å². The average molecular weight is 559 g/mol. The highest BCUT2D eigenvalue weighted by atomic mass is 32.2. The van der Waals surface area contributed by atoms with Gasteiger partial charge in [-0.25, -0.2) is 0 Å². The number of nitrogens with zero attached hydrogens (tertiary/aromatic N) is 1. The molecule has 218 valence electrons. The van der Waals surface area contributed by atoms with E-state index in [1.54, 1.807) is 0 Å². The Morgan fingerprint density at radius 3 is 1.95 bits per heavy atom. The van der Waals surface area contributed by atoms with Gasteiger partial charge in [-0.2, -0.15) is 8.42 Å². The van der Waals surface area contributed by atoms with E-state index >= 15 is 0 Å². The zero-order valence-corrected chi connectivity index (χ0v) is 22.1. The van der Waals surface area contributed by atoms with Crippen LogP contribution in [0.4, 0.5) is 0 Å². The van der Waals surface area contributed by atoms with Crippen LogP contribution in [0.2, 0.25) is 0 Å². The number of carboxylic acid groups (broad SMARTS) is 2. The summed E-state index contributed by atoms with van der Waals surface area (Å²) in [5, 5.41) is 40.3. The summed E-state index contributed by atoms with van der Waals surface area (Å²) in [6.45, 7) is 2.19. The number of carbonyl (C=O) groups excluding carboxylic acids is 1. The third-order valence-corrected chi connectivity index (χ3v) is 5.97. The molecule has 15 heteroatoms. The molecule has 0 aliphatic heterocycles. The van der Waals surface area contributed by atoms with Crippen LogP contribution in [-0.4, -0.2) is 133 Å². The van der Waals surface area contributed by atoms with E-state index in [4.69, 9.17) is 24.2 Å². The Bertz CT molecular complexity index is 749. The predicted octanol–water partition coefficient (Wildman–Crippen LogP) is -1.01. The van der Waals surface area contributed by atoms with Gasteiger partial charge in [0.1, 0.15) is 5.78 Å². The number of aliphatic carboxylic acids is 2. The number of Topliss-reactive ketones (excluding diaryl/α,β-unsaturated/α-hetero) is 1. The second-order valence-corrected chi connectivity index (χ2v) is 10.2. The first kappa shape index (κ1) is 35.3. The summed E-state index contributed by atoms with van der Waals surface area (Å²) in [7, 11) is -4.44. The van der Waals surface area contributed by atoms with E-state index < -0.39 is 71.4 Å². The minimum absolute atomic E-state index is 0.0944. The zero-order valence-electron chi connectivity index (χ0n) is 21.3. The summed E-state index contributed by atoms with van der Waals surface area (Å²) in [6.07, 6.45) is 0.640. The molecule has 0 aromatic rings. The Kier molecular flexibility index (Phi) is 19.3. The number of nitrogens with one attached hydrogen (secondary N) is 1. The van der Waals surface area contributed by atoms with Crippen molar-refractivity contribution in [3.63, 3.8) is 0 Å². The van der Waals surface area contributed by atoms with Gasteiger partial charge in [-0.15, -0.1) is 0 Å². The number of hydrogen-bond donors (Lipinski definition) is 6. The summed E-state index contributed by atoms with van der Waals surface area (Å²) >= 11 is 0. The molecule has 0 aromatic heterocycles. The van der Waals surface area contributed by atoms with Gasteiger partial charge in [0.15, 0.2) is 0 Å². The lowest BCUT2D eigenvalue weighted by Crippen LogP contribution is -2.47. The number of unbranched alkanes of at least 4 members (excludes halogenated alkanes) is 1. The van der Waals surface area contributed by atoms with Crippen LogP contribution in [0.3, 0.4) is 0 Å². The number of rotatable bonds is 25. The number of carboxylic acids is 2. The lowest BCUT2D eigenvalue weighted by Gasteiger charge is -2.27. The molecule has 0 spiro atoms. The topological polar surface area (TPSA) is 220 Å². The zero-order chi connectivity index (χ0) is 28.3. The van der Waals surface area contributed by atoms with Crippen molar-refractivity contribution in [2.75, 3.05) is 58.4 Å². The average Bonchev–Trinajstić information content (AvgIpc) is 2.78. The molecular weight excluding hydrogens is 516 g/mol. The molecule has 0 rings (SSSR count). The minimum Gasteiger partial charge on any atom is -0.480 e. The lowest BCUT2D eigenvalue weighted by molar-refractivity contribution is -0.144. The van der Waals surface area contributed by atoms with E-state index in [0.717, 1.165) is 17.7 Å². The molecule has 6 N–H and O–H groups in total. The first-order valence-corrected chi connectivity index (χ1v) is 13.8. The highest BCUT2D eigenvalue weighted by molar-refractivity contribution is 7.85. The maximum Gasteiger partial charge on any atom is 0.317 e. The van der Waals surface area contributed by atoms with Gasteiger partial charge in [0.25, 0.3) is 10.1 Å². The molecule has 0 fully saturated rings. The Morgan fingerprint density at radius 2 is 1.46 bits per heavy atom. The van der Waals surface area contributed by atoms with E-state index in [1.165, 1.54) is 0 Å². The molecule has 0 bridgehead atoms. The van der Waals surface area contributed by atoms with Gasteiger partial charge in [-0.1, -0.05) is 6.92 Å². The highest BCUT2D eigenvalue weighted by Crippen LogP contribution is 2.11. The minimum atomic E-state index is -4.44. The maximum absolute atomic E-state index is 12.7. The van der Waals surface area contributed by atoms with Gasteiger partial charge in [-0.05, 0) is 38.6 Å². The van der Waals surface area contributed by atoms with E-state index in [0.29, 0.717) is 32.8 Å². The summed E-state index contributed by atoms with van der Waals surface area (Å²) in [4.78, 5) is 35.7. The van der Waals surface area contributed by atoms with Gasteiger partial charge < -0.3 is 35.2 Å². The molecule has 0 radical (unpaired) electrons. The number of hydrogen-bond acceptors (Lipinski definition) is 11. The number of carbonyl (C=O) groups is 3.